The molecule has 0 saturated heterocycles. The molecular formula is C14H10O4. The normalized spacial score (nSPS) is 10.0. The number of aromatic hydroxyl groups is 1. The molecule has 0 heterocycles. The first-order chi connectivity index (χ1) is 8.61. The summed E-state index contributed by atoms with van der Waals surface area (Å²) >= 11 is 0. The molecule has 0 saturated carbocycles. The Hall–Kier alpha value is -2.62. The predicted molar refractivity (Wildman–Crippen MR) is 65.9 cm³/mol. The van der Waals surface area contributed by atoms with Crippen LogP contribution in [0, 0.1) is 0 Å². The van der Waals surface area contributed by atoms with E-state index in [0.29, 0.717) is 11.1 Å². The highest BCUT2D eigenvalue weighted by Crippen LogP contribution is 2.26. The zero-order valence-electron chi connectivity index (χ0n) is 9.33. The summed E-state index contributed by atoms with van der Waals surface area (Å²) in [4.78, 5) is 21.3. The summed E-state index contributed by atoms with van der Waals surface area (Å²) in [6, 6.07) is 11.1. The fourth-order valence-corrected chi connectivity index (χ4v) is 1.65. The van der Waals surface area contributed by atoms with E-state index >= 15 is 0 Å². The highest BCUT2D eigenvalue weighted by molar-refractivity contribution is 5.91. The number of carbonyl (C=O) groups excluding carboxylic acids is 1. The molecule has 0 atom stereocenters. The summed E-state index contributed by atoms with van der Waals surface area (Å²) in [6.45, 7) is 0. The van der Waals surface area contributed by atoms with Gasteiger partial charge in [0.05, 0.1) is 0 Å². The minimum Gasteiger partial charge on any atom is -0.507 e. The number of aromatic carboxylic acids is 1. The van der Waals surface area contributed by atoms with Crippen molar-refractivity contribution < 1.29 is 19.8 Å². The van der Waals surface area contributed by atoms with Gasteiger partial charge < -0.3 is 10.2 Å². The zero-order chi connectivity index (χ0) is 13.1. The van der Waals surface area contributed by atoms with E-state index in [4.69, 9.17) is 5.11 Å². The van der Waals surface area contributed by atoms with E-state index in [1.165, 1.54) is 12.1 Å². The quantitative estimate of drug-likeness (QED) is 0.811. The molecule has 2 rings (SSSR count). The van der Waals surface area contributed by atoms with Crippen molar-refractivity contribution in [3.05, 3.63) is 53.6 Å². The Bertz CT molecular complexity index is 600. The van der Waals surface area contributed by atoms with Crippen LogP contribution in [0.1, 0.15) is 20.7 Å². The van der Waals surface area contributed by atoms with Crippen LogP contribution in [0.5, 0.6) is 5.75 Å². The van der Waals surface area contributed by atoms with E-state index in [1.54, 1.807) is 30.3 Å². The second-order valence-electron chi connectivity index (χ2n) is 3.78. The highest BCUT2D eigenvalue weighted by atomic mass is 16.4. The third-order valence-corrected chi connectivity index (χ3v) is 2.61. The molecule has 4 heteroatoms. The number of phenols is 1. The van der Waals surface area contributed by atoms with Crippen LogP contribution in [0.4, 0.5) is 0 Å². The van der Waals surface area contributed by atoms with Crippen molar-refractivity contribution in [2.24, 2.45) is 0 Å². The van der Waals surface area contributed by atoms with Gasteiger partial charge in [-0.05, 0) is 23.3 Å². The standard InChI is InChI=1S/C14H10O4/c15-8-9-1-3-10(4-2-9)11-5-6-12(14(17)18)13(16)7-11/h1-8,16H,(H,17,18). The molecule has 0 unspecified atom stereocenters. The van der Waals surface area contributed by atoms with Crippen LogP contribution in [0.25, 0.3) is 11.1 Å². The second kappa shape index (κ2) is 4.71. The number of hydrogen-bond donors (Lipinski definition) is 2. The van der Waals surface area contributed by atoms with Gasteiger partial charge in [-0.3, -0.25) is 4.79 Å². The van der Waals surface area contributed by atoms with E-state index in [0.717, 1.165) is 11.8 Å². The Morgan fingerprint density at radius 2 is 1.61 bits per heavy atom. The molecule has 4 nitrogen and oxygen atoms in total. The van der Waals surface area contributed by atoms with Gasteiger partial charge in [0.2, 0.25) is 0 Å². The van der Waals surface area contributed by atoms with Crippen LogP contribution in [0.3, 0.4) is 0 Å². The van der Waals surface area contributed by atoms with Crippen molar-refractivity contribution in [1.82, 2.24) is 0 Å². The van der Waals surface area contributed by atoms with Crippen LogP contribution in [-0.2, 0) is 0 Å². The maximum absolute atomic E-state index is 10.8. The Morgan fingerprint density at radius 3 is 2.11 bits per heavy atom. The number of carbonyl (C=O) groups is 2. The summed E-state index contributed by atoms with van der Waals surface area (Å²) in [5.74, 6) is -1.45. The first-order valence-electron chi connectivity index (χ1n) is 5.24. The van der Waals surface area contributed by atoms with Crippen LogP contribution >= 0.6 is 0 Å². The average Bonchev–Trinajstić information content (AvgIpc) is 2.38. The van der Waals surface area contributed by atoms with E-state index < -0.39 is 5.97 Å². The third-order valence-electron chi connectivity index (χ3n) is 2.61. The van der Waals surface area contributed by atoms with Crippen molar-refractivity contribution >= 4 is 12.3 Å². The molecule has 18 heavy (non-hydrogen) atoms. The van der Waals surface area contributed by atoms with E-state index in [9.17, 15) is 14.7 Å². The van der Waals surface area contributed by atoms with Gasteiger partial charge >= 0.3 is 5.97 Å². The predicted octanol–water partition coefficient (Wildman–Crippen LogP) is 2.57. The lowest BCUT2D eigenvalue weighted by Crippen LogP contribution is -1.96. The van der Waals surface area contributed by atoms with Gasteiger partial charge in [0.25, 0.3) is 0 Å². The Morgan fingerprint density at radius 1 is 1.00 bits per heavy atom. The molecule has 2 N–H and O–H groups in total. The number of carboxylic acid groups (broad SMARTS) is 1. The number of benzene rings is 2. The molecule has 0 radical (unpaired) electrons. The fraction of sp³-hybridized carbons (Fsp3) is 0. The monoisotopic (exact) mass is 242 g/mol. The lowest BCUT2D eigenvalue weighted by atomic mass is 10.0. The topological polar surface area (TPSA) is 74.6 Å². The fourth-order valence-electron chi connectivity index (χ4n) is 1.65. The molecule has 0 amide bonds. The van der Waals surface area contributed by atoms with Crippen LogP contribution in [0.2, 0.25) is 0 Å². The Labute approximate surface area is 103 Å². The molecule has 0 spiro atoms. The van der Waals surface area contributed by atoms with Crippen molar-refractivity contribution in [1.29, 1.82) is 0 Å². The SMILES string of the molecule is O=Cc1ccc(-c2ccc(C(=O)O)c(O)c2)cc1. The maximum Gasteiger partial charge on any atom is 0.339 e. The summed E-state index contributed by atoms with van der Waals surface area (Å²) in [5, 5.41) is 18.4. The van der Waals surface area contributed by atoms with Gasteiger partial charge in [-0.25, -0.2) is 4.79 Å². The summed E-state index contributed by atoms with van der Waals surface area (Å²) in [7, 11) is 0. The zero-order valence-corrected chi connectivity index (χ0v) is 9.33. The lowest BCUT2D eigenvalue weighted by molar-refractivity contribution is 0.0693. The minimum absolute atomic E-state index is 0.136. The molecule has 2 aromatic carbocycles. The molecule has 0 aromatic heterocycles. The summed E-state index contributed by atoms with van der Waals surface area (Å²) in [6.07, 6.45) is 0.745. The Balaban J connectivity index is 2.41. The average molecular weight is 242 g/mol. The Kier molecular flexibility index (Phi) is 3.10. The second-order valence-corrected chi connectivity index (χ2v) is 3.78. The minimum atomic E-state index is -1.17. The van der Waals surface area contributed by atoms with E-state index in [2.05, 4.69) is 0 Å². The van der Waals surface area contributed by atoms with Gasteiger partial charge in [0.15, 0.2) is 0 Å². The van der Waals surface area contributed by atoms with E-state index in [1.807, 2.05) is 0 Å². The molecule has 90 valence electrons. The highest BCUT2D eigenvalue weighted by Gasteiger charge is 2.10. The first kappa shape index (κ1) is 11.9. The third kappa shape index (κ3) is 2.22. The smallest absolute Gasteiger partial charge is 0.339 e. The largest absolute Gasteiger partial charge is 0.507 e. The first-order valence-corrected chi connectivity index (χ1v) is 5.24. The molecule has 2 aromatic rings. The molecule has 0 bridgehead atoms. The van der Waals surface area contributed by atoms with Gasteiger partial charge in [-0.1, -0.05) is 30.3 Å². The van der Waals surface area contributed by atoms with Gasteiger partial charge in [0, 0.05) is 5.56 Å². The summed E-state index contributed by atoms with van der Waals surface area (Å²) < 4.78 is 0. The van der Waals surface area contributed by atoms with Crippen LogP contribution < -0.4 is 0 Å². The number of rotatable bonds is 3. The summed E-state index contributed by atoms with van der Waals surface area (Å²) in [5.41, 5.74) is 1.91. The molecule has 0 aliphatic carbocycles. The van der Waals surface area contributed by atoms with Crippen molar-refractivity contribution in [2.75, 3.05) is 0 Å². The van der Waals surface area contributed by atoms with Crippen molar-refractivity contribution in [3.63, 3.8) is 0 Å². The molecule has 0 fully saturated rings. The van der Waals surface area contributed by atoms with Crippen LogP contribution in [-0.4, -0.2) is 22.5 Å². The number of aldehydes is 1. The molecule has 0 aliphatic rings. The number of hydrogen-bond acceptors (Lipinski definition) is 3. The molecular weight excluding hydrogens is 232 g/mol. The van der Waals surface area contributed by atoms with Gasteiger partial charge in [-0.2, -0.15) is 0 Å². The lowest BCUT2D eigenvalue weighted by Gasteiger charge is -2.05. The van der Waals surface area contributed by atoms with Crippen LogP contribution in [0.15, 0.2) is 42.5 Å². The maximum atomic E-state index is 10.8. The van der Waals surface area contributed by atoms with E-state index in [-0.39, 0.29) is 11.3 Å². The molecule has 0 aliphatic heterocycles. The number of carboxylic acids is 1. The van der Waals surface area contributed by atoms with Gasteiger partial charge in [0.1, 0.15) is 17.6 Å². The van der Waals surface area contributed by atoms with Crippen molar-refractivity contribution in [2.45, 2.75) is 0 Å². The van der Waals surface area contributed by atoms with Gasteiger partial charge in [-0.15, -0.1) is 0 Å². The van der Waals surface area contributed by atoms with Crippen molar-refractivity contribution in [3.8, 4) is 16.9 Å².